The van der Waals surface area contributed by atoms with Gasteiger partial charge in [0.1, 0.15) is 0 Å². The summed E-state index contributed by atoms with van der Waals surface area (Å²) in [4.78, 5) is 13.9. The summed E-state index contributed by atoms with van der Waals surface area (Å²) < 4.78 is 4.44. The van der Waals surface area contributed by atoms with Gasteiger partial charge in [0.25, 0.3) is 0 Å². The molecule has 0 fully saturated rings. The molecular weight excluding hydrogens is 168 g/mol. The zero-order chi connectivity index (χ0) is 8.27. The lowest BCUT2D eigenvalue weighted by atomic mass is 10.5. The number of carbonyl (C=O) groups is 1. The maximum atomic E-state index is 10.2. The maximum absolute atomic E-state index is 10.2. The number of pyridine rings is 1. The Kier molecular flexibility index (Phi) is 2.28. The number of ether oxygens (including phenoxy) is 1. The standard InChI is InChI=1S/C6H5ClN2O2/c7-4-1-2-9-5(3-4)11-6(8)10/h1-3H,(H2,8,10). The van der Waals surface area contributed by atoms with Crippen LogP contribution in [0.5, 0.6) is 5.88 Å². The molecule has 1 amide bonds. The van der Waals surface area contributed by atoms with Gasteiger partial charge in [-0.1, -0.05) is 11.6 Å². The molecule has 1 aromatic heterocycles. The van der Waals surface area contributed by atoms with E-state index in [1.54, 1.807) is 6.07 Å². The number of nitrogens with zero attached hydrogens (tertiary/aromatic N) is 1. The van der Waals surface area contributed by atoms with E-state index in [9.17, 15) is 4.79 Å². The largest absolute Gasteiger partial charge is 0.411 e. The summed E-state index contributed by atoms with van der Waals surface area (Å²) in [5.74, 6) is 0.102. The molecule has 0 aliphatic rings. The van der Waals surface area contributed by atoms with E-state index < -0.39 is 6.09 Å². The van der Waals surface area contributed by atoms with Crippen LogP contribution in [0.4, 0.5) is 4.79 Å². The summed E-state index contributed by atoms with van der Waals surface area (Å²) in [6, 6.07) is 2.96. The van der Waals surface area contributed by atoms with Crippen molar-refractivity contribution in [1.29, 1.82) is 0 Å². The molecule has 0 aromatic carbocycles. The Balaban J connectivity index is 2.79. The van der Waals surface area contributed by atoms with Crippen LogP contribution in [-0.2, 0) is 0 Å². The van der Waals surface area contributed by atoms with Crippen molar-refractivity contribution in [3.63, 3.8) is 0 Å². The van der Waals surface area contributed by atoms with Crippen LogP contribution in [0.15, 0.2) is 18.3 Å². The van der Waals surface area contributed by atoms with E-state index in [4.69, 9.17) is 17.3 Å². The second kappa shape index (κ2) is 3.21. The second-order valence-corrected chi connectivity index (χ2v) is 2.17. The molecule has 58 valence electrons. The normalized spacial score (nSPS) is 9.18. The summed E-state index contributed by atoms with van der Waals surface area (Å²) in [6.07, 6.45) is 0.514. The molecule has 0 aliphatic carbocycles. The van der Waals surface area contributed by atoms with Gasteiger partial charge in [-0.3, -0.25) is 0 Å². The second-order valence-electron chi connectivity index (χ2n) is 1.73. The lowest BCUT2D eigenvalue weighted by Crippen LogP contribution is -2.16. The van der Waals surface area contributed by atoms with E-state index in [1.165, 1.54) is 12.3 Å². The third-order valence-electron chi connectivity index (χ3n) is 0.902. The molecule has 0 spiro atoms. The van der Waals surface area contributed by atoms with E-state index in [2.05, 4.69) is 9.72 Å². The highest BCUT2D eigenvalue weighted by atomic mass is 35.5. The topological polar surface area (TPSA) is 65.2 Å². The summed E-state index contributed by atoms with van der Waals surface area (Å²) in [6.45, 7) is 0. The molecule has 0 saturated carbocycles. The zero-order valence-electron chi connectivity index (χ0n) is 5.45. The quantitative estimate of drug-likeness (QED) is 0.692. The fraction of sp³-hybridized carbons (Fsp3) is 0. The van der Waals surface area contributed by atoms with Crippen molar-refractivity contribution in [3.05, 3.63) is 23.4 Å². The van der Waals surface area contributed by atoms with Crippen LogP contribution in [0.25, 0.3) is 0 Å². The minimum absolute atomic E-state index is 0.102. The third-order valence-corrected chi connectivity index (χ3v) is 1.14. The van der Waals surface area contributed by atoms with Crippen molar-refractivity contribution in [2.75, 3.05) is 0 Å². The van der Waals surface area contributed by atoms with E-state index >= 15 is 0 Å². The molecule has 0 atom stereocenters. The smallest absolute Gasteiger partial charge is 0.391 e. The first kappa shape index (κ1) is 7.81. The number of hydrogen-bond donors (Lipinski definition) is 1. The molecule has 0 unspecified atom stereocenters. The predicted octanol–water partition coefficient (Wildman–Crippen LogP) is 1.19. The van der Waals surface area contributed by atoms with Crippen LogP contribution in [-0.4, -0.2) is 11.1 Å². The number of halogens is 1. The molecular formula is C6H5ClN2O2. The zero-order valence-corrected chi connectivity index (χ0v) is 6.21. The first-order valence-corrected chi connectivity index (χ1v) is 3.15. The molecule has 11 heavy (non-hydrogen) atoms. The fourth-order valence-corrected chi connectivity index (χ4v) is 0.694. The number of aromatic nitrogens is 1. The van der Waals surface area contributed by atoms with Gasteiger partial charge in [0.05, 0.1) is 0 Å². The summed E-state index contributed by atoms with van der Waals surface area (Å²) in [7, 11) is 0. The molecule has 4 nitrogen and oxygen atoms in total. The van der Waals surface area contributed by atoms with Gasteiger partial charge in [-0.05, 0) is 6.07 Å². The summed E-state index contributed by atoms with van der Waals surface area (Å²) in [5.41, 5.74) is 4.73. The third kappa shape index (κ3) is 2.43. The summed E-state index contributed by atoms with van der Waals surface area (Å²) in [5, 5.41) is 0.441. The van der Waals surface area contributed by atoms with Crippen LogP contribution in [0.1, 0.15) is 0 Å². The SMILES string of the molecule is NC(=O)Oc1cc(Cl)ccn1. The highest BCUT2D eigenvalue weighted by Crippen LogP contribution is 2.13. The van der Waals surface area contributed by atoms with Crippen LogP contribution in [0.3, 0.4) is 0 Å². The molecule has 0 radical (unpaired) electrons. The number of amides is 1. The van der Waals surface area contributed by atoms with Gasteiger partial charge in [0.2, 0.25) is 5.88 Å². The van der Waals surface area contributed by atoms with Crippen molar-refractivity contribution >= 4 is 17.7 Å². The molecule has 2 N–H and O–H groups in total. The van der Waals surface area contributed by atoms with E-state index in [-0.39, 0.29) is 5.88 Å². The van der Waals surface area contributed by atoms with Crippen molar-refractivity contribution in [2.45, 2.75) is 0 Å². The van der Waals surface area contributed by atoms with E-state index in [0.717, 1.165) is 0 Å². The highest BCUT2D eigenvalue weighted by molar-refractivity contribution is 6.30. The monoisotopic (exact) mass is 172 g/mol. The molecule has 5 heteroatoms. The average Bonchev–Trinajstić information content (AvgIpc) is 1.85. The fourth-order valence-electron chi connectivity index (χ4n) is 0.544. The lowest BCUT2D eigenvalue weighted by Gasteiger charge is -1.97. The van der Waals surface area contributed by atoms with Crippen LogP contribution in [0.2, 0.25) is 5.02 Å². The van der Waals surface area contributed by atoms with Crippen molar-refractivity contribution < 1.29 is 9.53 Å². The molecule has 0 bridgehead atoms. The van der Waals surface area contributed by atoms with Crippen molar-refractivity contribution in [2.24, 2.45) is 5.73 Å². The number of carbonyl (C=O) groups excluding carboxylic acids is 1. The van der Waals surface area contributed by atoms with Gasteiger partial charge in [-0.25, -0.2) is 9.78 Å². The van der Waals surface area contributed by atoms with Gasteiger partial charge < -0.3 is 10.5 Å². The minimum Gasteiger partial charge on any atom is -0.391 e. The predicted molar refractivity (Wildman–Crippen MR) is 39.5 cm³/mol. The first-order valence-electron chi connectivity index (χ1n) is 2.77. The Labute approximate surface area is 67.9 Å². The average molecular weight is 173 g/mol. The Morgan fingerprint density at radius 2 is 2.45 bits per heavy atom. The van der Waals surface area contributed by atoms with E-state index in [1.807, 2.05) is 0 Å². The molecule has 1 aromatic rings. The van der Waals surface area contributed by atoms with Crippen molar-refractivity contribution in [3.8, 4) is 5.88 Å². The van der Waals surface area contributed by atoms with Crippen LogP contribution < -0.4 is 10.5 Å². The number of primary amides is 1. The Bertz CT molecular complexity index is 277. The van der Waals surface area contributed by atoms with Crippen molar-refractivity contribution in [1.82, 2.24) is 4.98 Å². The summed E-state index contributed by atoms with van der Waals surface area (Å²) >= 11 is 5.56. The Hall–Kier alpha value is -1.29. The van der Waals surface area contributed by atoms with Gasteiger partial charge in [-0.15, -0.1) is 0 Å². The number of rotatable bonds is 1. The Morgan fingerprint density at radius 3 is 3.00 bits per heavy atom. The first-order chi connectivity index (χ1) is 5.18. The van der Waals surface area contributed by atoms with Gasteiger partial charge in [0, 0.05) is 17.3 Å². The molecule has 1 heterocycles. The molecule has 0 aliphatic heterocycles. The molecule has 0 saturated heterocycles. The minimum atomic E-state index is -0.903. The van der Waals surface area contributed by atoms with Crippen LogP contribution in [0, 0.1) is 0 Å². The maximum Gasteiger partial charge on any atom is 0.411 e. The number of hydrogen-bond acceptors (Lipinski definition) is 3. The molecule has 1 rings (SSSR count). The Morgan fingerprint density at radius 1 is 1.73 bits per heavy atom. The van der Waals surface area contributed by atoms with Gasteiger partial charge in [0.15, 0.2) is 0 Å². The number of nitrogens with two attached hydrogens (primary N) is 1. The highest BCUT2D eigenvalue weighted by Gasteiger charge is 1.99. The lowest BCUT2D eigenvalue weighted by molar-refractivity contribution is 0.209. The van der Waals surface area contributed by atoms with Gasteiger partial charge in [-0.2, -0.15) is 0 Å². The van der Waals surface area contributed by atoms with Crippen LogP contribution >= 0.6 is 11.6 Å². The van der Waals surface area contributed by atoms with E-state index in [0.29, 0.717) is 5.02 Å². The van der Waals surface area contributed by atoms with Gasteiger partial charge >= 0.3 is 6.09 Å².